The summed E-state index contributed by atoms with van der Waals surface area (Å²) in [4.78, 5) is 26.3. The van der Waals surface area contributed by atoms with Gasteiger partial charge in [0.15, 0.2) is 5.69 Å². The minimum atomic E-state index is -1.17. The number of nitrogens with one attached hydrogen (secondary N) is 1. The van der Waals surface area contributed by atoms with Crippen molar-refractivity contribution in [2.45, 2.75) is 13.8 Å². The average Bonchev–Trinajstić information content (AvgIpc) is 2.47. The number of carbonyl (C=O) groups is 2. The minimum absolute atomic E-state index is 0.185. The van der Waals surface area contributed by atoms with E-state index in [0.29, 0.717) is 5.56 Å². The third-order valence-corrected chi connectivity index (χ3v) is 3.25. The number of carbonyl (C=O) groups excluding carboxylic acids is 1. The second-order valence-corrected chi connectivity index (χ2v) is 4.94. The molecule has 0 saturated heterocycles. The molecule has 1 aromatic carbocycles. The highest BCUT2D eigenvalue weighted by Gasteiger charge is 2.18. The molecule has 2 rings (SSSR count). The van der Waals surface area contributed by atoms with Crippen LogP contribution in [0.25, 0.3) is 11.1 Å². The zero-order valence-corrected chi connectivity index (χ0v) is 12.3. The first-order valence-electron chi connectivity index (χ1n) is 6.65. The van der Waals surface area contributed by atoms with Gasteiger partial charge in [-0.1, -0.05) is 29.8 Å². The predicted molar refractivity (Wildman–Crippen MR) is 80.8 cm³/mol. The lowest BCUT2D eigenvalue weighted by atomic mass is 9.99. The Labute approximate surface area is 127 Å². The van der Waals surface area contributed by atoms with Crippen LogP contribution in [0.4, 0.5) is 0 Å². The summed E-state index contributed by atoms with van der Waals surface area (Å²) in [5.41, 5.74) is 3.00. The molecule has 22 heavy (non-hydrogen) atoms. The molecular weight excluding hydrogens is 284 g/mol. The van der Waals surface area contributed by atoms with Gasteiger partial charge < -0.3 is 15.5 Å². The summed E-state index contributed by atoms with van der Waals surface area (Å²) >= 11 is 0. The highest BCUT2D eigenvalue weighted by molar-refractivity contribution is 5.97. The zero-order valence-electron chi connectivity index (χ0n) is 12.3. The number of benzene rings is 1. The van der Waals surface area contributed by atoms with E-state index in [1.165, 1.54) is 6.20 Å². The molecule has 0 unspecified atom stereocenters. The summed E-state index contributed by atoms with van der Waals surface area (Å²) in [6.07, 6.45) is 1.50. The number of rotatable bonds is 4. The monoisotopic (exact) mass is 300 g/mol. The molecule has 0 atom stereocenters. The van der Waals surface area contributed by atoms with Crippen molar-refractivity contribution in [2.75, 3.05) is 6.54 Å². The van der Waals surface area contributed by atoms with E-state index in [9.17, 15) is 14.7 Å². The Morgan fingerprint density at radius 1 is 1.27 bits per heavy atom. The number of aliphatic carboxylic acids is 1. The lowest BCUT2D eigenvalue weighted by molar-refractivity contribution is -0.135. The van der Waals surface area contributed by atoms with Crippen LogP contribution in [0, 0.1) is 13.8 Å². The van der Waals surface area contributed by atoms with Crippen LogP contribution in [0.1, 0.15) is 21.6 Å². The van der Waals surface area contributed by atoms with E-state index in [4.69, 9.17) is 5.11 Å². The third-order valence-electron chi connectivity index (χ3n) is 3.25. The first-order valence-corrected chi connectivity index (χ1v) is 6.65. The Morgan fingerprint density at radius 3 is 2.64 bits per heavy atom. The fourth-order valence-electron chi connectivity index (χ4n) is 2.10. The summed E-state index contributed by atoms with van der Waals surface area (Å²) in [7, 11) is 0. The molecule has 0 saturated carbocycles. The second kappa shape index (κ2) is 6.26. The second-order valence-electron chi connectivity index (χ2n) is 4.94. The quantitative estimate of drug-likeness (QED) is 0.800. The van der Waals surface area contributed by atoms with Gasteiger partial charge in [0.1, 0.15) is 12.3 Å². The molecule has 0 aliphatic carbocycles. The Kier molecular flexibility index (Phi) is 4.41. The van der Waals surface area contributed by atoms with Crippen LogP contribution >= 0.6 is 0 Å². The van der Waals surface area contributed by atoms with E-state index in [1.807, 2.05) is 31.2 Å². The van der Waals surface area contributed by atoms with Crippen LogP contribution in [-0.2, 0) is 4.79 Å². The maximum atomic E-state index is 11.8. The smallest absolute Gasteiger partial charge is 0.322 e. The number of hydrogen-bond acceptors (Lipinski definition) is 4. The van der Waals surface area contributed by atoms with Crippen molar-refractivity contribution in [1.82, 2.24) is 10.3 Å². The summed E-state index contributed by atoms with van der Waals surface area (Å²) in [5.74, 6) is -2.14. The lowest BCUT2D eigenvalue weighted by Crippen LogP contribution is -2.30. The third kappa shape index (κ3) is 3.22. The molecule has 6 nitrogen and oxygen atoms in total. The molecule has 0 aliphatic heterocycles. The highest BCUT2D eigenvalue weighted by Crippen LogP contribution is 2.31. The Morgan fingerprint density at radius 2 is 2.00 bits per heavy atom. The van der Waals surface area contributed by atoms with Crippen molar-refractivity contribution in [2.24, 2.45) is 0 Å². The zero-order chi connectivity index (χ0) is 16.3. The number of aromatic hydroxyl groups is 1. The van der Waals surface area contributed by atoms with E-state index >= 15 is 0 Å². The summed E-state index contributed by atoms with van der Waals surface area (Å²) < 4.78 is 0. The van der Waals surface area contributed by atoms with Crippen LogP contribution in [0.3, 0.4) is 0 Å². The van der Waals surface area contributed by atoms with Gasteiger partial charge in [-0.05, 0) is 19.4 Å². The van der Waals surface area contributed by atoms with E-state index < -0.39 is 18.4 Å². The average molecular weight is 300 g/mol. The largest absolute Gasteiger partial charge is 0.505 e. The number of aromatic nitrogens is 1. The van der Waals surface area contributed by atoms with Crippen molar-refractivity contribution < 1.29 is 19.8 Å². The van der Waals surface area contributed by atoms with Gasteiger partial charge in [-0.2, -0.15) is 0 Å². The van der Waals surface area contributed by atoms with Gasteiger partial charge in [-0.15, -0.1) is 0 Å². The van der Waals surface area contributed by atoms with Gasteiger partial charge in [0.2, 0.25) is 0 Å². The topological polar surface area (TPSA) is 99.5 Å². The molecule has 0 spiro atoms. The van der Waals surface area contributed by atoms with Crippen LogP contribution in [-0.4, -0.2) is 33.6 Å². The van der Waals surface area contributed by atoms with E-state index in [1.54, 1.807) is 6.92 Å². The van der Waals surface area contributed by atoms with Gasteiger partial charge >= 0.3 is 5.97 Å². The van der Waals surface area contributed by atoms with Crippen molar-refractivity contribution in [1.29, 1.82) is 0 Å². The number of carboxylic acids is 1. The number of nitrogens with zero attached hydrogens (tertiary/aromatic N) is 1. The molecule has 1 amide bonds. The van der Waals surface area contributed by atoms with E-state index in [-0.39, 0.29) is 11.4 Å². The van der Waals surface area contributed by atoms with Gasteiger partial charge in [-0.3, -0.25) is 9.59 Å². The van der Waals surface area contributed by atoms with Crippen molar-refractivity contribution in [3.05, 3.63) is 47.3 Å². The molecule has 114 valence electrons. The minimum Gasteiger partial charge on any atom is -0.505 e. The maximum Gasteiger partial charge on any atom is 0.322 e. The Hall–Kier alpha value is -2.89. The number of amides is 1. The van der Waals surface area contributed by atoms with E-state index in [2.05, 4.69) is 10.3 Å². The fourth-order valence-corrected chi connectivity index (χ4v) is 2.10. The predicted octanol–water partition coefficient (Wildman–Crippen LogP) is 1.89. The molecule has 2 aromatic rings. The first kappa shape index (κ1) is 15.5. The number of hydrogen-bond donors (Lipinski definition) is 3. The first-order chi connectivity index (χ1) is 10.4. The van der Waals surface area contributed by atoms with Gasteiger partial charge in [-0.25, -0.2) is 4.98 Å². The molecule has 6 heteroatoms. The fraction of sp³-hybridized carbons (Fsp3) is 0.188. The van der Waals surface area contributed by atoms with Crippen LogP contribution < -0.4 is 5.32 Å². The normalized spacial score (nSPS) is 10.3. The molecule has 0 radical (unpaired) electrons. The molecule has 1 aromatic heterocycles. The number of pyridine rings is 1. The standard InChI is InChI=1S/C16H16N2O4/c1-9-4-3-5-11(6-9)12-7-17-14(15(21)10(12)2)16(22)18-8-13(19)20/h3-7,21H,8H2,1-2H3,(H,18,22)(H,19,20). The van der Waals surface area contributed by atoms with Gasteiger partial charge in [0.05, 0.1) is 0 Å². The maximum absolute atomic E-state index is 11.8. The van der Waals surface area contributed by atoms with Crippen LogP contribution in [0.5, 0.6) is 5.75 Å². The van der Waals surface area contributed by atoms with Gasteiger partial charge in [0.25, 0.3) is 5.91 Å². The molecule has 0 fully saturated rings. The Balaban J connectivity index is 2.37. The Bertz CT molecular complexity index is 741. The highest BCUT2D eigenvalue weighted by atomic mass is 16.4. The van der Waals surface area contributed by atoms with Crippen LogP contribution in [0.2, 0.25) is 0 Å². The van der Waals surface area contributed by atoms with E-state index in [0.717, 1.165) is 16.7 Å². The SMILES string of the molecule is Cc1cccc(-c2cnc(C(=O)NCC(=O)O)c(O)c2C)c1. The molecule has 3 N–H and O–H groups in total. The number of carboxylic acid groups (broad SMARTS) is 1. The number of aryl methyl sites for hydroxylation is 1. The van der Waals surface area contributed by atoms with Crippen molar-refractivity contribution in [3.8, 4) is 16.9 Å². The summed E-state index contributed by atoms with van der Waals surface area (Å²) in [6, 6.07) is 7.70. The summed E-state index contributed by atoms with van der Waals surface area (Å²) in [5, 5.41) is 20.9. The molecule has 1 heterocycles. The van der Waals surface area contributed by atoms with Crippen LogP contribution in [0.15, 0.2) is 30.5 Å². The summed E-state index contributed by atoms with van der Waals surface area (Å²) in [6.45, 7) is 3.11. The van der Waals surface area contributed by atoms with Gasteiger partial charge in [0, 0.05) is 17.3 Å². The molecular formula is C16H16N2O4. The lowest BCUT2D eigenvalue weighted by Gasteiger charge is -2.11. The van der Waals surface area contributed by atoms with Crippen molar-refractivity contribution in [3.63, 3.8) is 0 Å². The van der Waals surface area contributed by atoms with Crippen molar-refractivity contribution >= 4 is 11.9 Å². The molecule has 0 bridgehead atoms. The molecule has 0 aliphatic rings.